The molecular weight excluding hydrogens is 492 g/mol. The number of amides is 2. The van der Waals surface area contributed by atoms with Crippen molar-refractivity contribution in [1.82, 2.24) is 9.88 Å². The van der Waals surface area contributed by atoms with Gasteiger partial charge < -0.3 is 9.32 Å². The van der Waals surface area contributed by atoms with Crippen LogP contribution in [0, 0.1) is 24.1 Å². The molecule has 11 heteroatoms. The van der Waals surface area contributed by atoms with E-state index in [1.807, 2.05) is 6.07 Å². The Hall–Kier alpha value is -4.20. The Morgan fingerprint density at radius 1 is 1.16 bits per heavy atom. The number of carbonyl (C=O) groups excluding carboxylic acids is 2. The maximum Gasteiger partial charge on any atom is 0.416 e. The maximum absolute atomic E-state index is 14.8. The van der Waals surface area contributed by atoms with Gasteiger partial charge in [0.15, 0.2) is 5.89 Å². The zero-order chi connectivity index (χ0) is 26.5. The van der Waals surface area contributed by atoms with E-state index in [-0.39, 0.29) is 36.6 Å². The SMILES string of the molecule is Cc1coc([C@H]2C[C@]3(C2)C(=O)N(c2ccc(C#N)cc2F)CC(=O)N3Cc2ccc(C(F)(F)F)cc2)n1. The molecule has 0 radical (unpaired) electrons. The monoisotopic (exact) mass is 512 g/mol. The average Bonchev–Trinajstić information content (AvgIpc) is 3.26. The van der Waals surface area contributed by atoms with Crippen LogP contribution in [0.2, 0.25) is 0 Å². The van der Waals surface area contributed by atoms with Crippen LogP contribution in [0.25, 0.3) is 0 Å². The average molecular weight is 512 g/mol. The van der Waals surface area contributed by atoms with Crippen LogP contribution in [-0.2, 0) is 22.3 Å². The van der Waals surface area contributed by atoms with Crippen molar-refractivity contribution in [3.63, 3.8) is 0 Å². The van der Waals surface area contributed by atoms with Crippen molar-refractivity contribution < 1.29 is 31.6 Å². The predicted octanol–water partition coefficient (Wildman–Crippen LogP) is 4.70. The van der Waals surface area contributed by atoms with Gasteiger partial charge in [0, 0.05) is 12.5 Å². The fourth-order valence-corrected chi connectivity index (χ4v) is 4.99. The Morgan fingerprint density at radius 2 is 1.86 bits per heavy atom. The van der Waals surface area contributed by atoms with Crippen LogP contribution < -0.4 is 4.90 Å². The van der Waals surface area contributed by atoms with Crippen molar-refractivity contribution in [1.29, 1.82) is 5.26 Å². The number of carbonyl (C=O) groups is 2. The highest BCUT2D eigenvalue weighted by Gasteiger charge is 2.61. The smallest absolute Gasteiger partial charge is 0.416 e. The quantitative estimate of drug-likeness (QED) is 0.473. The van der Waals surface area contributed by atoms with E-state index in [2.05, 4.69) is 4.98 Å². The molecule has 1 saturated heterocycles. The van der Waals surface area contributed by atoms with Crippen LogP contribution in [0.5, 0.6) is 0 Å². The van der Waals surface area contributed by atoms with E-state index in [1.165, 1.54) is 35.4 Å². The van der Waals surface area contributed by atoms with E-state index in [9.17, 15) is 27.2 Å². The molecule has 1 saturated carbocycles. The van der Waals surface area contributed by atoms with Gasteiger partial charge in [0.25, 0.3) is 5.91 Å². The first-order valence-electron chi connectivity index (χ1n) is 11.4. The minimum Gasteiger partial charge on any atom is -0.448 e. The van der Waals surface area contributed by atoms with Crippen LogP contribution >= 0.6 is 0 Å². The highest BCUT2D eigenvalue weighted by atomic mass is 19.4. The number of halogens is 4. The molecule has 5 rings (SSSR count). The van der Waals surface area contributed by atoms with Crippen LogP contribution in [0.4, 0.5) is 23.2 Å². The van der Waals surface area contributed by atoms with E-state index in [4.69, 9.17) is 9.68 Å². The minimum atomic E-state index is -4.50. The lowest BCUT2D eigenvalue weighted by Gasteiger charge is -2.56. The molecule has 37 heavy (non-hydrogen) atoms. The van der Waals surface area contributed by atoms with E-state index in [0.717, 1.165) is 23.1 Å². The number of benzene rings is 2. The number of anilines is 1. The highest BCUT2D eigenvalue weighted by molar-refractivity contribution is 6.10. The normalized spacial score (nSPS) is 21.8. The van der Waals surface area contributed by atoms with Gasteiger partial charge in [0.05, 0.1) is 28.6 Å². The summed E-state index contributed by atoms with van der Waals surface area (Å²) in [6, 6.07) is 9.86. The number of hydrogen-bond donors (Lipinski definition) is 0. The van der Waals surface area contributed by atoms with Crippen molar-refractivity contribution in [3.8, 4) is 6.07 Å². The number of alkyl halides is 3. The standard InChI is InChI=1S/C26H20F4N4O3/c1-15-14-37-23(32-15)18-9-25(10-18)24(36)33(21-7-4-17(11-31)8-20(21)27)13-22(35)34(25)12-16-2-5-19(6-3-16)26(28,29)30/h2-8,14,18H,9-10,12-13H2,1H3/t18-,25-. The molecule has 2 heterocycles. The first-order valence-corrected chi connectivity index (χ1v) is 11.4. The topological polar surface area (TPSA) is 90.4 Å². The zero-order valence-corrected chi connectivity index (χ0v) is 19.6. The molecule has 2 aromatic carbocycles. The summed E-state index contributed by atoms with van der Waals surface area (Å²) in [5.74, 6) is -1.66. The molecule has 0 bridgehead atoms. The second-order valence-corrected chi connectivity index (χ2v) is 9.31. The molecule has 190 valence electrons. The first kappa shape index (κ1) is 24.5. The second-order valence-electron chi connectivity index (χ2n) is 9.31. The second kappa shape index (κ2) is 8.73. The first-order chi connectivity index (χ1) is 17.5. The molecule has 1 aliphatic carbocycles. The Balaban J connectivity index is 1.48. The van der Waals surface area contributed by atoms with Crippen molar-refractivity contribution in [2.45, 2.75) is 43.9 Å². The molecule has 1 aromatic heterocycles. The number of nitrogens with zero attached hydrogens (tertiary/aromatic N) is 4. The van der Waals surface area contributed by atoms with Gasteiger partial charge in [-0.2, -0.15) is 18.4 Å². The summed E-state index contributed by atoms with van der Waals surface area (Å²) in [6.45, 7) is 1.21. The Kier molecular flexibility index (Phi) is 5.78. The van der Waals surface area contributed by atoms with Crippen molar-refractivity contribution in [3.05, 3.63) is 82.8 Å². The molecule has 0 N–H and O–H groups in total. The summed E-state index contributed by atoms with van der Waals surface area (Å²) in [4.78, 5) is 34.0. The summed E-state index contributed by atoms with van der Waals surface area (Å²) in [5.41, 5.74) is -1.16. The van der Waals surface area contributed by atoms with E-state index < -0.39 is 41.5 Å². The lowest BCUT2D eigenvalue weighted by Crippen LogP contribution is -2.72. The number of oxazole rings is 1. The zero-order valence-electron chi connectivity index (χ0n) is 19.6. The molecule has 0 atom stereocenters. The fourth-order valence-electron chi connectivity index (χ4n) is 4.99. The lowest BCUT2D eigenvalue weighted by molar-refractivity contribution is -0.160. The third-order valence-electron chi connectivity index (χ3n) is 6.90. The number of rotatable bonds is 4. The largest absolute Gasteiger partial charge is 0.448 e. The van der Waals surface area contributed by atoms with Crippen LogP contribution in [-0.4, -0.2) is 33.8 Å². The molecule has 2 amide bonds. The van der Waals surface area contributed by atoms with Gasteiger partial charge in [-0.1, -0.05) is 12.1 Å². The lowest BCUT2D eigenvalue weighted by atomic mass is 9.65. The van der Waals surface area contributed by atoms with Crippen LogP contribution in [0.1, 0.15) is 47.0 Å². The Bertz CT molecular complexity index is 1420. The van der Waals surface area contributed by atoms with Crippen LogP contribution in [0.15, 0.2) is 53.1 Å². The molecular formula is C26H20F4N4O3. The Morgan fingerprint density at radius 3 is 2.43 bits per heavy atom. The molecule has 1 spiro atoms. The van der Waals surface area contributed by atoms with E-state index >= 15 is 0 Å². The van der Waals surface area contributed by atoms with Crippen molar-refractivity contribution in [2.24, 2.45) is 0 Å². The van der Waals surface area contributed by atoms with Crippen molar-refractivity contribution in [2.75, 3.05) is 11.4 Å². The van der Waals surface area contributed by atoms with Gasteiger partial charge in [0.2, 0.25) is 5.91 Å². The third kappa shape index (κ3) is 4.22. The van der Waals surface area contributed by atoms with Gasteiger partial charge >= 0.3 is 6.18 Å². The third-order valence-corrected chi connectivity index (χ3v) is 6.90. The Labute approximate surface area is 208 Å². The summed E-state index contributed by atoms with van der Waals surface area (Å²) in [6.07, 6.45) is -2.70. The van der Waals surface area contributed by atoms with Gasteiger partial charge in [-0.25, -0.2) is 9.37 Å². The molecule has 3 aromatic rings. The number of aromatic nitrogens is 1. The molecule has 2 aliphatic rings. The summed E-state index contributed by atoms with van der Waals surface area (Å²) in [7, 11) is 0. The molecule has 2 fully saturated rings. The fraction of sp³-hybridized carbons (Fsp3) is 0.308. The van der Waals surface area contributed by atoms with E-state index in [0.29, 0.717) is 17.1 Å². The number of aryl methyl sites for hydroxylation is 1. The van der Waals surface area contributed by atoms with E-state index in [1.54, 1.807) is 6.92 Å². The van der Waals surface area contributed by atoms with Crippen LogP contribution in [0.3, 0.4) is 0 Å². The minimum absolute atomic E-state index is 0.0682. The van der Waals surface area contributed by atoms with Gasteiger partial charge in [-0.15, -0.1) is 0 Å². The van der Waals surface area contributed by atoms with Gasteiger partial charge in [-0.3, -0.25) is 14.5 Å². The predicted molar refractivity (Wildman–Crippen MR) is 121 cm³/mol. The number of hydrogen-bond acceptors (Lipinski definition) is 5. The molecule has 1 aliphatic heterocycles. The highest BCUT2D eigenvalue weighted by Crippen LogP contribution is 2.51. The number of nitriles is 1. The summed E-state index contributed by atoms with van der Waals surface area (Å²) < 4.78 is 59.3. The maximum atomic E-state index is 14.8. The van der Waals surface area contributed by atoms with Crippen molar-refractivity contribution >= 4 is 17.5 Å². The van der Waals surface area contributed by atoms with Gasteiger partial charge in [-0.05, 0) is 55.7 Å². The summed E-state index contributed by atoms with van der Waals surface area (Å²) in [5, 5.41) is 9.03. The van der Waals surface area contributed by atoms with Gasteiger partial charge in [0.1, 0.15) is 24.2 Å². The summed E-state index contributed by atoms with van der Waals surface area (Å²) >= 11 is 0. The molecule has 0 unspecified atom stereocenters. The molecule has 7 nitrogen and oxygen atoms in total. The number of piperazine rings is 1.